The largest absolute Gasteiger partial charge is 0.494 e. The van der Waals surface area contributed by atoms with E-state index in [0.29, 0.717) is 47.7 Å². The summed E-state index contributed by atoms with van der Waals surface area (Å²) in [5.41, 5.74) is 4.34. The molecule has 1 N–H and O–H groups in total. The molecule has 9 nitrogen and oxygen atoms in total. The topological polar surface area (TPSA) is 103 Å². The molecule has 4 aromatic rings. The summed E-state index contributed by atoms with van der Waals surface area (Å²) in [6.07, 6.45) is 3.78. The van der Waals surface area contributed by atoms with Crippen LogP contribution in [0.5, 0.6) is 11.5 Å². The lowest BCUT2D eigenvalue weighted by atomic mass is 10.1. The number of hydrogen-bond donors (Lipinski definition) is 1. The third kappa shape index (κ3) is 7.80. The zero-order valence-electron chi connectivity index (χ0n) is 24.0. The van der Waals surface area contributed by atoms with E-state index in [1.54, 1.807) is 45.7 Å². The van der Waals surface area contributed by atoms with Crippen LogP contribution in [0.3, 0.4) is 0 Å². The van der Waals surface area contributed by atoms with Crippen molar-refractivity contribution in [3.8, 4) is 22.6 Å². The minimum Gasteiger partial charge on any atom is -0.494 e. The molecule has 230 valence electrons. The lowest BCUT2D eigenvalue weighted by Crippen LogP contribution is -2.36. The number of anilines is 1. The number of aromatic nitrogens is 2. The smallest absolute Gasteiger partial charge is 0.414 e. The van der Waals surface area contributed by atoms with Crippen LogP contribution in [0.15, 0.2) is 71.9 Å². The van der Waals surface area contributed by atoms with Gasteiger partial charge in [-0.1, -0.05) is 41.4 Å². The number of carbonyl (C=O) groups excluding carboxylic acids is 1. The predicted molar refractivity (Wildman–Crippen MR) is 172 cm³/mol. The molecule has 0 fully saturated rings. The third-order valence-corrected chi connectivity index (χ3v) is 8.83. The summed E-state index contributed by atoms with van der Waals surface area (Å²) in [5, 5.41) is 14.6. The number of aliphatic carboxylic acids is 1. The van der Waals surface area contributed by atoms with Crippen molar-refractivity contribution < 1.29 is 28.9 Å². The second-order valence-corrected chi connectivity index (χ2v) is 11.9. The first kappa shape index (κ1) is 31.6. The summed E-state index contributed by atoms with van der Waals surface area (Å²) in [6.45, 7) is 3.45. The van der Waals surface area contributed by atoms with Crippen molar-refractivity contribution >= 4 is 52.7 Å². The van der Waals surface area contributed by atoms with Crippen LogP contribution in [-0.2, 0) is 16.1 Å². The molecule has 44 heavy (non-hydrogen) atoms. The molecule has 1 aromatic heterocycles. The molecule has 0 saturated carbocycles. The normalized spacial score (nSPS) is 12.5. The molecule has 0 radical (unpaired) electrons. The van der Waals surface area contributed by atoms with Gasteiger partial charge in [0.1, 0.15) is 24.7 Å². The first-order valence-electron chi connectivity index (χ1n) is 14.0. The molecule has 0 unspecified atom stereocenters. The molecule has 0 aliphatic carbocycles. The van der Waals surface area contributed by atoms with Gasteiger partial charge in [0.2, 0.25) is 0 Å². The van der Waals surface area contributed by atoms with Gasteiger partial charge in [-0.3, -0.25) is 14.4 Å². The van der Waals surface area contributed by atoms with E-state index < -0.39 is 12.1 Å². The Labute approximate surface area is 269 Å². The summed E-state index contributed by atoms with van der Waals surface area (Å²) in [5.74, 6) is 1.15. The average molecular weight is 657 g/mol. The number of thioether (sulfide) groups is 1. The van der Waals surface area contributed by atoms with E-state index in [0.717, 1.165) is 38.6 Å². The summed E-state index contributed by atoms with van der Waals surface area (Å²) < 4.78 is 18.8. The minimum absolute atomic E-state index is 0.0520. The van der Waals surface area contributed by atoms with Gasteiger partial charge in [-0.2, -0.15) is 5.10 Å². The number of carboxylic acids is 1. The van der Waals surface area contributed by atoms with Gasteiger partial charge < -0.3 is 19.3 Å². The molecule has 0 spiro atoms. The van der Waals surface area contributed by atoms with E-state index in [2.05, 4.69) is 5.10 Å². The van der Waals surface area contributed by atoms with Crippen molar-refractivity contribution in [1.29, 1.82) is 0 Å². The highest BCUT2D eigenvalue weighted by Gasteiger charge is 2.26. The van der Waals surface area contributed by atoms with Gasteiger partial charge in [-0.25, -0.2) is 4.79 Å². The van der Waals surface area contributed by atoms with Gasteiger partial charge in [-0.05, 0) is 55.3 Å². The van der Waals surface area contributed by atoms with E-state index in [4.69, 9.17) is 42.5 Å². The fraction of sp³-hybridized carbons (Fsp3) is 0.281. The summed E-state index contributed by atoms with van der Waals surface area (Å²) in [6, 6.07) is 16.7. The van der Waals surface area contributed by atoms with E-state index in [-0.39, 0.29) is 19.6 Å². The Morgan fingerprint density at radius 1 is 1.02 bits per heavy atom. The molecule has 0 bridgehead atoms. The molecule has 3 aromatic carbocycles. The summed E-state index contributed by atoms with van der Waals surface area (Å²) >= 11 is 14.3. The number of fused-ring (bicyclic) bond motifs is 1. The SMILES string of the molecule is Cc1c(Cl)cccc1OCCOC(=O)N1CCSc2c(-c3cnn(Cc4cc(OCCCC(=O)O)ccc4Cl)c3)cccc21. The van der Waals surface area contributed by atoms with Crippen molar-refractivity contribution in [3.05, 3.63) is 88.2 Å². The van der Waals surface area contributed by atoms with Crippen LogP contribution in [0.4, 0.5) is 10.5 Å². The number of halogens is 2. The number of nitrogens with zero attached hydrogens (tertiary/aromatic N) is 3. The number of rotatable bonds is 12. The maximum absolute atomic E-state index is 13.1. The van der Waals surface area contributed by atoms with Gasteiger partial charge in [0, 0.05) is 56.5 Å². The Morgan fingerprint density at radius 3 is 2.70 bits per heavy atom. The van der Waals surface area contributed by atoms with E-state index in [9.17, 15) is 9.59 Å². The maximum Gasteiger partial charge on any atom is 0.414 e. The highest BCUT2D eigenvalue weighted by Crippen LogP contribution is 2.42. The Morgan fingerprint density at radius 2 is 1.86 bits per heavy atom. The highest BCUT2D eigenvalue weighted by atomic mass is 35.5. The van der Waals surface area contributed by atoms with Gasteiger partial charge in [0.25, 0.3) is 0 Å². The second kappa shape index (κ2) is 14.7. The van der Waals surface area contributed by atoms with Gasteiger partial charge in [-0.15, -0.1) is 11.8 Å². The van der Waals surface area contributed by atoms with E-state index >= 15 is 0 Å². The Bertz CT molecular complexity index is 1650. The molecule has 0 atom stereocenters. The number of amides is 1. The van der Waals surface area contributed by atoms with Crippen LogP contribution in [-0.4, -0.2) is 59.1 Å². The molecular formula is C32H31Cl2N3O6S. The standard InChI is InChI=1S/C32H31Cl2N3O6S/c1-21-26(33)6-3-8-29(21)42-14-15-43-32(40)37-12-16-44-31-25(5-2-7-28(31)37)23-18-35-36(20-23)19-22-17-24(10-11-27(22)34)41-13-4-9-30(38)39/h2-3,5-8,10-11,17-18,20H,4,9,12-16,19H2,1H3,(H,38,39). The van der Waals surface area contributed by atoms with Crippen LogP contribution in [0, 0.1) is 6.92 Å². The zero-order chi connectivity index (χ0) is 31.1. The highest BCUT2D eigenvalue weighted by molar-refractivity contribution is 7.99. The number of carboxylic acid groups (broad SMARTS) is 1. The molecule has 5 rings (SSSR count). The Kier molecular flexibility index (Phi) is 10.6. The zero-order valence-corrected chi connectivity index (χ0v) is 26.3. The van der Waals surface area contributed by atoms with Gasteiger partial charge in [0.15, 0.2) is 0 Å². The maximum atomic E-state index is 13.1. The molecule has 0 saturated heterocycles. The second-order valence-electron chi connectivity index (χ2n) is 10.0. The summed E-state index contributed by atoms with van der Waals surface area (Å²) in [4.78, 5) is 26.4. The fourth-order valence-electron chi connectivity index (χ4n) is 4.71. The third-order valence-electron chi connectivity index (χ3n) is 6.95. The van der Waals surface area contributed by atoms with Crippen molar-refractivity contribution in [1.82, 2.24) is 9.78 Å². The lowest BCUT2D eigenvalue weighted by Gasteiger charge is -2.29. The van der Waals surface area contributed by atoms with E-state index in [1.807, 2.05) is 49.5 Å². The summed E-state index contributed by atoms with van der Waals surface area (Å²) in [7, 11) is 0. The van der Waals surface area contributed by atoms with Crippen molar-refractivity contribution in [2.75, 3.05) is 37.0 Å². The number of ether oxygens (including phenoxy) is 3. The van der Waals surface area contributed by atoms with Crippen LogP contribution >= 0.6 is 35.0 Å². The van der Waals surface area contributed by atoms with Crippen molar-refractivity contribution in [3.63, 3.8) is 0 Å². The van der Waals surface area contributed by atoms with Crippen LogP contribution in [0.1, 0.15) is 24.0 Å². The van der Waals surface area contributed by atoms with Crippen molar-refractivity contribution in [2.45, 2.75) is 31.2 Å². The molecule has 2 heterocycles. The first-order valence-corrected chi connectivity index (χ1v) is 15.8. The average Bonchev–Trinajstić information content (AvgIpc) is 3.48. The Balaban J connectivity index is 1.23. The number of carbonyl (C=O) groups is 2. The van der Waals surface area contributed by atoms with E-state index in [1.165, 1.54) is 0 Å². The fourth-order valence-corrected chi connectivity index (χ4v) is 6.20. The molecule has 1 amide bonds. The van der Waals surface area contributed by atoms with Gasteiger partial charge in [0.05, 0.1) is 25.0 Å². The van der Waals surface area contributed by atoms with Gasteiger partial charge >= 0.3 is 12.1 Å². The molecule has 12 heteroatoms. The Hall–Kier alpha value is -3.86. The molecule has 1 aliphatic rings. The predicted octanol–water partition coefficient (Wildman–Crippen LogP) is 7.58. The quantitative estimate of drug-likeness (QED) is 0.156. The van der Waals surface area contributed by atoms with Crippen molar-refractivity contribution in [2.24, 2.45) is 0 Å². The number of benzene rings is 3. The van der Waals surface area contributed by atoms with Crippen LogP contribution in [0.2, 0.25) is 10.0 Å². The molecule has 1 aliphatic heterocycles. The minimum atomic E-state index is -0.850. The lowest BCUT2D eigenvalue weighted by molar-refractivity contribution is -0.137. The number of hydrogen-bond acceptors (Lipinski definition) is 7. The van der Waals surface area contributed by atoms with Crippen LogP contribution < -0.4 is 14.4 Å². The monoisotopic (exact) mass is 655 g/mol. The first-order chi connectivity index (χ1) is 21.3. The van der Waals surface area contributed by atoms with Crippen LogP contribution in [0.25, 0.3) is 11.1 Å². The molecular weight excluding hydrogens is 625 g/mol.